The molecule has 4 N–H and O–H groups in total. The molecule has 2 aromatic heterocycles. The molecule has 0 radical (unpaired) electrons. The molecule has 1 amide bonds. The van der Waals surface area contributed by atoms with E-state index in [9.17, 15) is 23.1 Å². The molecule has 40 heavy (non-hydrogen) atoms. The Bertz CT molecular complexity index is 1650. The highest BCUT2D eigenvalue weighted by molar-refractivity contribution is 5.98. The molecule has 0 unspecified atom stereocenters. The lowest BCUT2D eigenvalue weighted by atomic mass is 9.99. The van der Waals surface area contributed by atoms with Crippen molar-refractivity contribution in [2.75, 3.05) is 19.3 Å². The van der Waals surface area contributed by atoms with Crippen molar-refractivity contribution in [1.29, 1.82) is 0 Å². The molecule has 5 rings (SSSR count). The van der Waals surface area contributed by atoms with Gasteiger partial charge in [0.05, 0.1) is 5.69 Å². The second-order valence-electron chi connectivity index (χ2n) is 8.85. The third kappa shape index (κ3) is 6.00. The summed E-state index contributed by atoms with van der Waals surface area (Å²) in [5.74, 6) is 2.90. The zero-order chi connectivity index (χ0) is 29.1. The number of halogens is 3. The number of likely N-dealkylation sites (N-methyl/N-ethyl adjacent to an activating group) is 1. The van der Waals surface area contributed by atoms with Gasteiger partial charge in [0.15, 0.2) is 5.82 Å². The van der Waals surface area contributed by atoms with E-state index in [1.165, 1.54) is 11.2 Å². The first-order chi connectivity index (χ1) is 18.9. The number of amides is 1. The van der Waals surface area contributed by atoms with Crippen molar-refractivity contribution in [1.82, 2.24) is 19.9 Å². The van der Waals surface area contributed by atoms with Gasteiger partial charge in [0.25, 0.3) is 5.91 Å². The van der Waals surface area contributed by atoms with Crippen molar-refractivity contribution in [3.05, 3.63) is 72.6 Å². The standard InChI is InChI=1S/C26H21N5O2.C2HF3O2/c1-31-13-12-26(33,25(31)32)11-10-17-6-5-9-19(14-17)21-15-20(18-7-3-2-4-8-18)22-23(30-21)24(27)29-16-28-22;3-2(4,5)1(6)7/h2-9,14-16,33H,12-13H2,1H3,(H2,27,28,29);(H,6,7)/t26-;/m0./s1. The van der Waals surface area contributed by atoms with Crippen molar-refractivity contribution in [3.63, 3.8) is 0 Å². The summed E-state index contributed by atoms with van der Waals surface area (Å²) in [6, 6.07) is 19.4. The number of carbonyl (C=O) groups is 2. The van der Waals surface area contributed by atoms with Gasteiger partial charge in [-0.25, -0.2) is 19.7 Å². The molecule has 0 aliphatic carbocycles. The van der Waals surface area contributed by atoms with E-state index >= 15 is 0 Å². The van der Waals surface area contributed by atoms with Gasteiger partial charge in [0, 0.05) is 36.7 Å². The number of carbonyl (C=O) groups excluding carboxylic acids is 1. The van der Waals surface area contributed by atoms with E-state index in [-0.39, 0.29) is 5.91 Å². The predicted octanol–water partition coefficient (Wildman–Crippen LogP) is 3.52. The van der Waals surface area contributed by atoms with Crippen LogP contribution in [0, 0.1) is 11.8 Å². The summed E-state index contributed by atoms with van der Waals surface area (Å²) in [6.45, 7) is 0.483. The molecule has 1 atom stereocenters. The number of hydrogen-bond donors (Lipinski definition) is 3. The second kappa shape index (κ2) is 11.0. The van der Waals surface area contributed by atoms with Gasteiger partial charge in [-0.05, 0) is 23.8 Å². The zero-order valence-corrected chi connectivity index (χ0v) is 21.0. The molecule has 204 valence electrons. The number of carboxylic acids is 1. The Morgan fingerprint density at radius 1 is 1.05 bits per heavy atom. The predicted molar refractivity (Wildman–Crippen MR) is 140 cm³/mol. The summed E-state index contributed by atoms with van der Waals surface area (Å²) in [7, 11) is 1.66. The van der Waals surface area contributed by atoms with Crippen LogP contribution in [-0.2, 0) is 9.59 Å². The molecule has 1 aliphatic rings. The molecular formula is C28H22F3N5O4. The van der Waals surface area contributed by atoms with Crippen LogP contribution >= 0.6 is 0 Å². The number of hydrogen-bond acceptors (Lipinski definition) is 7. The van der Waals surface area contributed by atoms with Gasteiger partial charge >= 0.3 is 12.1 Å². The monoisotopic (exact) mass is 549 g/mol. The lowest BCUT2D eigenvalue weighted by Crippen LogP contribution is -2.37. The highest BCUT2D eigenvalue weighted by Crippen LogP contribution is 2.32. The first-order valence-electron chi connectivity index (χ1n) is 11.8. The van der Waals surface area contributed by atoms with Crippen LogP contribution in [-0.4, -0.2) is 67.3 Å². The number of alkyl halides is 3. The Morgan fingerprint density at radius 2 is 1.73 bits per heavy atom. The third-order valence-electron chi connectivity index (χ3n) is 6.03. The molecule has 3 heterocycles. The molecule has 1 fully saturated rings. The number of likely N-dealkylation sites (tertiary alicyclic amines) is 1. The van der Waals surface area contributed by atoms with E-state index in [0.29, 0.717) is 41.1 Å². The van der Waals surface area contributed by atoms with Crippen molar-refractivity contribution in [2.45, 2.75) is 18.2 Å². The minimum absolute atomic E-state index is 0.293. The van der Waals surface area contributed by atoms with Crippen molar-refractivity contribution in [2.24, 2.45) is 0 Å². The molecule has 0 saturated carbocycles. The number of nitrogens with two attached hydrogens (primary N) is 1. The number of carboxylic acid groups (broad SMARTS) is 1. The van der Waals surface area contributed by atoms with Gasteiger partial charge in [0.2, 0.25) is 5.60 Å². The normalized spacial score (nSPS) is 16.6. The third-order valence-corrected chi connectivity index (χ3v) is 6.03. The summed E-state index contributed by atoms with van der Waals surface area (Å²) >= 11 is 0. The van der Waals surface area contributed by atoms with E-state index in [0.717, 1.165) is 16.7 Å². The summed E-state index contributed by atoms with van der Waals surface area (Å²) in [5, 5.41) is 17.7. The van der Waals surface area contributed by atoms with Crippen molar-refractivity contribution >= 4 is 28.7 Å². The van der Waals surface area contributed by atoms with Gasteiger partial charge < -0.3 is 20.8 Å². The Balaban J connectivity index is 0.000000470. The number of rotatable bonds is 2. The maximum Gasteiger partial charge on any atom is 0.490 e. The lowest BCUT2D eigenvalue weighted by Gasteiger charge is -2.13. The number of nitrogen functional groups attached to an aromatic ring is 1. The number of benzene rings is 2. The Labute approximate surface area is 226 Å². The molecule has 9 nitrogen and oxygen atoms in total. The number of nitrogens with zero attached hydrogens (tertiary/aromatic N) is 4. The molecule has 1 saturated heterocycles. The van der Waals surface area contributed by atoms with Crippen molar-refractivity contribution in [3.8, 4) is 34.2 Å². The maximum absolute atomic E-state index is 12.2. The maximum atomic E-state index is 12.2. The summed E-state index contributed by atoms with van der Waals surface area (Å²) < 4.78 is 31.7. The van der Waals surface area contributed by atoms with E-state index in [4.69, 9.17) is 20.6 Å². The van der Waals surface area contributed by atoms with Gasteiger partial charge in [-0.2, -0.15) is 13.2 Å². The molecule has 2 aromatic carbocycles. The number of pyridine rings is 1. The first kappa shape index (κ1) is 28.0. The minimum Gasteiger partial charge on any atom is -0.475 e. The van der Waals surface area contributed by atoms with Crippen LogP contribution in [0.4, 0.5) is 19.0 Å². The lowest BCUT2D eigenvalue weighted by molar-refractivity contribution is -0.192. The fourth-order valence-electron chi connectivity index (χ4n) is 3.94. The number of aliphatic carboxylic acids is 1. The van der Waals surface area contributed by atoms with Crippen LogP contribution in [0.2, 0.25) is 0 Å². The number of aliphatic hydroxyl groups is 1. The highest BCUT2D eigenvalue weighted by Gasteiger charge is 2.42. The zero-order valence-electron chi connectivity index (χ0n) is 21.0. The van der Waals surface area contributed by atoms with Gasteiger partial charge in [-0.15, -0.1) is 0 Å². The smallest absolute Gasteiger partial charge is 0.475 e. The number of fused-ring (bicyclic) bond motifs is 1. The Morgan fingerprint density at radius 3 is 2.35 bits per heavy atom. The fraction of sp³-hybridized carbons (Fsp3) is 0.179. The van der Waals surface area contributed by atoms with Crippen molar-refractivity contribution < 1.29 is 33.0 Å². The molecule has 0 bridgehead atoms. The Hall–Kier alpha value is -5.02. The topological polar surface area (TPSA) is 143 Å². The highest BCUT2D eigenvalue weighted by atomic mass is 19.4. The largest absolute Gasteiger partial charge is 0.490 e. The molecule has 12 heteroatoms. The number of aromatic nitrogens is 3. The van der Waals surface area contributed by atoms with E-state index in [1.54, 1.807) is 7.05 Å². The van der Waals surface area contributed by atoms with Gasteiger partial charge in [0.1, 0.15) is 17.4 Å². The minimum atomic E-state index is -5.08. The van der Waals surface area contributed by atoms with Crippen LogP contribution < -0.4 is 5.73 Å². The fourth-order valence-corrected chi connectivity index (χ4v) is 3.94. The quantitative estimate of drug-likeness (QED) is 0.323. The van der Waals surface area contributed by atoms with Crippen LogP contribution in [0.25, 0.3) is 33.4 Å². The molecule has 4 aromatic rings. The van der Waals surface area contributed by atoms with Crippen LogP contribution in [0.1, 0.15) is 12.0 Å². The van der Waals surface area contributed by atoms with Gasteiger partial charge in [-0.3, -0.25) is 4.79 Å². The first-order valence-corrected chi connectivity index (χ1v) is 11.8. The second-order valence-corrected chi connectivity index (χ2v) is 8.85. The Kier molecular flexibility index (Phi) is 7.70. The summed E-state index contributed by atoms with van der Waals surface area (Å²) in [5.41, 5.74) is 9.78. The number of anilines is 1. The van der Waals surface area contributed by atoms with E-state index in [2.05, 4.69) is 21.8 Å². The van der Waals surface area contributed by atoms with Crippen LogP contribution in [0.15, 0.2) is 67.0 Å². The summed E-state index contributed by atoms with van der Waals surface area (Å²) in [6.07, 6.45) is -3.35. The average Bonchev–Trinajstić information content (AvgIpc) is 3.20. The average molecular weight is 550 g/mol. The summed E-state index contributed by atoms with van der Waals surface area (Å²) in [4.78, 5) is 35.9. The van der Waals surface area contributed by atoms with E-state index < -0.39 is 17.7 Å². The van der Waals surface area contributed by atoms with Crippen LogP contribution in [0.3, 0.4) is 0 Å². The molecule has 0 spiro atoms. The SMILES string of the molecule is CN1CC[C@@](O)(C#Cc2cccc(-c3cc(-c4ccccc4)c4ncnc(N)c4n3)c2)C1=O.O=C(O)C(F)(F)F. The van der Waals surface area contributed by atoms with E-state index in [1.807, 2.05) is 60.7 Å². The van der Waals surface area contributed by atoms with Gasteiger partial charge in [-0.1, -0.05) is 54.3 Å². The molecule has 1 aliphatic heterocycles. The van der Waals surface area contributed by atoms with Crippen LogP contribution in [0.5, 0.6) is 0 Å². The molecular weight excluding hydrogens is 527 g/mol.